The largest absolute Gasteiger partial charge is 0.306 e. The van der Waals surface area contributed by atoms with Crippen LogP contribution in [-0.2, 0) is 0 Å². The zero-order chi connectivity index (χ0) is 19.6. The molecule has 2 nitrogen and oxygen atoms in total. The molecule has 3 fully saturated rings. The van der Waals surface area contributed by atoms with Crippen LogP contribution < -0.4 is 0 Å². The van der Waals surface area contributed by atoms with E-state index >= 15 is 0 Å². The van der Waals surface area contributed by atoms with E-state index in [0.29, 0.717) is 10.8 Å². The van der Waals surface area contributed by atoms with Gasteiger partial charge in [0.15, 0.2) is 0 Å². The van der Waals surface area contributed by atoms with Gasteiger partial charge < -0.3 is 9.80 Å². The average molecular weight is 373 g/mol. The van der Waals surface area contributed by atoms with Crippen molar-refractivity contribution in [1.29, 1.82) is 0 Å². The summed E-state index contributed by atoms with van der Waals surface area (Å²) in [5.74, 6) is 3.76. The first-order valence-corrected chi connectivity index (χ1v) is 11.7. The molecule has 154 valence electrons. The number of nitrogens with zero attached hydrogens (tertiary/aromatic N) is 2. The number of fused-ring (bicyclic) bond motifs is 5. The molecule has 0 N–H and O–H groups in total. The molecule has 4 aliphatic carbocycles. The molecular formula is C25H44N2. The van der Waals surface area contributed by atoms with Crippen LogP contribution in [-0.4, -0.2) is 50.1 Å². The van der Waals surface area contributed by atoms with Gasteiger partial charge in [-0.15, -0.1) is 0 Å². The summed E-state index contributed by atoms with van der Waals surface area (Å²) in [6, 6.07) is 1.49. The predicted octanol–water partition coefficient (Wildman–Crippen LogP) is 5.45. The van der Waals surface area contributed by atoms with Crippen molar-refractivity contribution in [3.63, 3.8) is 0 Å². The summed E-state index contributed by atoms with van der Waals surface area (Å²) in [6.07, 6.45) is 14.1. The minimum Gasteiger partial charge on any atom is -0.306 e. The van der Waals surface area contributed by atoms with Crippen LogP contribution in [0.25, 0.3) is 0 Å². The molecule has 0 saturated heterocycles. The second kappa shape index (κ2) is 6.87. The molecule has 0 aromatic heterocycles. The fourth-order valence-corrected chi connectivity index (χ4v) is 8.28. The maximum Gasteiger partial charge on any atom is 0.0127 e. The molecule has 4 rings (SSSR count). The molecule has 4 aliphatic rings. The highest BCUT2D eigenvalue weighted by atomic mass is 15.1. The van der Waals surface area contributed by atoms with E-state index in [4.69, 9.17) is 0 Å². The van der Waals surface area contributed by atoms with Crippen LogP contribution in [0.3, 0.4) is 0 Å². The molecule has 3 saturated carbocycles. The van der Waals surface area contributed by atoms with Crippen molar-refractivity contribution >= 4 is 0 Å². The maximum absolute atomic E-state index is 2.73. The molecule has 0 spiro atoms. The normalized spacial score (nSPS) is 48.0. The first kappa shape index (κ1) is 20.0. The minimum atomic E-state index is 0.502. The van der Waals surface area contributed by atoms with E-state index in [-0.39, 0.29) is 0 Å². The smallest absolute Gasteiger partial charge is 0.0127 e. The van der Waals surface area contributed by atoms with Gasteiger partial charge in [0.05, 0.1) is 0 Å². The van der Waals surface area contributed by atoms with E-state index < -0.39 is 0 Å². The van der Waals surface area contributed by atoms with Crippen molar-refractivity contribution in [2.45, 2.75) is 84.2 Å². The molecule has 2 heteroatoms. The molecule has 0 aliphatic heterocycles. The molecule has 27 heavy (non-hydrogen) atoms. The number of hydrogen-bond donors (Lipinski definition) is 0. The third-order valence-electron chi connectivity index (χ3n) is 10.3. The summed E-state index contributed by atoms with van der Waals surface area (Å²) < 4.78 is 0. The average Bonchev–Trinajstić information content (AvgIpc) is 2.97. The van der Waals surface area contributed by atoms with Crippen molar-refractivity contribution in [3.8, 4) is 0 Å². The van der Waals surface area contributed by atoms with E-state index in [9.17, 15) is 0 Å². The van der Waals surface area contributed by atoms with Gasteiger partial charge in [-0.25, -0.2) is 0 Å². The Kier molecular flexibility index (Phi) is 5.08. The highest BCUT2D eigenvalue weighted by Gasteiger charge is 2.59. The van der Waals surface area contributed by atoms with E-state index in [2.05, 4.69) is 64.8 Å². The Morgan fingerprint density at radius 2 is 1.70 bits per heavy atom. The van der Waals surface area contributed by atoms with Crippen LogP contribution in [0.4, 0.5) is 0 Å². The zero-order valence-corrected chi connectivity index (χ0v) is 19.1. The number of rotatable bonds is 3. The Morgan fingerprint density at radius 3 is 2.37 bits per heavy atom. The Balaban J connectivity index is 1.59. The quantitative estimate of drug-likeness (QED) is 0.608. The Hall–Kier alpha value is -0.340. The monoisotopic (exact) mass is 372 g/mol. The number of allylic oxidation sites excluding steroid dienone is 1. The van der Waals surface area contributed by atoms with Gasteiger partial charge in [-0.1, -0.05) is 25.5 Å². The fourth-order valence-electron chi connectivity index (χ4n) is 8.28. The second-order valence-corrected chi connectivity index (χ2v) is 11.6. The van der Waals surface area contributed by atoms with Crippen molar-refractivity contribution in [2.75, 3.05) is 28.2 Å². The molecule has 0 amide bonds. The van der Waals surface area contributed by atoms with E-state index in [1.807, 2.05) is 5.57 Å². The lowest BCUT2D eigenvalue weighted by atomic mass is 9.47. The Bertz CT molecular complexity index is 593. The molecule has 0 bridgehead atoms. The van der Waals surface area contributed by atoms with Crippen molar-refractivity contribution in [2.24, 2.45) is 34.5 Å². The van der Waals surface area contributed by atoms with Crippen LogP contribution in [0.5, 0.6) is 0 Å². The highest BCUT2D eigenvalue weighted by molar-refractivity contribution is 5.26. The molecule has 0 heterocycles. The molecule has 0 aromatic carbocycles. The van der Waals surface area contributed by atoms with Gasteiger partial charge in [-0.2, -0.15) is 0 Å². The van der Waals surface area contributed by atoms with Gasteiger partial charge in [0.2, 0.25) is 0 Å². The van der Waals surface area contributed by atoms with E-state index in [1.165, 1.54) is 51.4 Å². The third kappa shape index (κ3) is 2.96. The SMILES string of the molecule is C[C@H]([C@H]1CC[C@H]2[C@H]3CC=C4C[C@H](N(C)C)CC[C@]4(C)[C@H]3CC[C@]12C)N(C)C. The van der Waals surface area contributed by atoms with Crippen molar-refractivity contribution in [1.82, 2.24) is 9.80 Å². The molecule has 8 atom stereocenters. The van der Waals surface area contributed by atoms with Crippen molar-refractivity contribution in [3.05, 3.63) is 11.6 Å². The second-order valence-electron chi connectivity index (χ2n) is 11.6. The zero-order valence-electron chi connectivity index (χ0n) is 19.1. The van der Waals surface area contributed by atoms with Crippen LogP contribution in [0, 0.1) is 34.5 Å². The van der Waals surface area contributed by atoms with Gasteiger partial charge in [-0.3, -0.25) is 0 Å². The Morgan fingerprint density at radius 1 is 0.963 bits per heavy atom. The van der Waals surface area contributed by atoms with Gasteiger partial charge >= 0.3 is 0 Å². The van der Waals surface area contributed by atoms with E-state index in [0.717, 1.165) is 35.8 Å². The van der Waals surface area contributed by atoms with Gasteiger partial charge in [0.25, 0.3) is 0 Å². The van der Waals surface area contributed by atoms with Crippen molar-refractivity contribution < 1.29 is 0 Å². The molecule has 0 aromatic rings. The predicted molar refractivity (Wildman–Crippen MR) is 116 cm³/mol. The highest BCUT2D eigenvalue weighted by Crippen LogP contribution is 2.66. The molecular weight excluding hydrogens is 328 g/mol. The Labute approximate surface area is 168 Å². The van der Waals surface area contributed by atoms with Gasteiger partial charge in [-0.05, 0) is 121 Å². The maximum atomic E-state index is 2.73. The van der Waals surface area contributed by atoms with Crippen LogP contribution in [0.1, 0.15) is 72.1 Å². The lowest BCUT2D eigenvalue weighted by Gasteiger charge is -2.59. The lowest BCUT2D eigenvalue weighted by molar-refractivity contribution is -0.0550. The minimum absolute atomic E-state index is 0.502. The standard InChI is InChI=1S/C25H44N2/c1-17(26(4)5)21-10-11-22-20-9-8-18-16-19(27(6)7)12-14-24(18,2)23(20)13-15-25(21,22)3/h8,17,19-23H,9-16H2,1-7H3/t17-,19-,20-,21-,22+,23+,24+,25-/m1/s1. The topological polar surface area (TPSA) is 6.48 Å². The van der Waals surface area contributed by atoms with Crippen LogP contribution in [0.2, 0.25) is 0 Å². The summed E-state index contributed by atoms with van der Waals surface area (Å²) in [4.78, 5) is 4.95. The lowest BCUT2D eigenvalue weighted by Crippen LogP contribution is -2.52. The fraction of sp³-hybridized carbons (Fsp3) is 0.920. The summed E-state index contributed by atoms with van der Waals surface area (Å²) >= 11 is 0. The number of hydrogen-bond acceptors (Lipinski definition) is 2. The van der Waals surface area contributed by atoms with Gasteiger partial charge in [0.1, 0.15) is 0 Å². The van der Waals surface area contributed by atoms with Crippen LogP contribution >= 0.6 is 0 Å². The molecule has 0 unspecified atom stereocenters. The summed E-state index contributed by atoms with van der Waals surface area (Å²) in [5, 5.41) is 0. The third-order valence-corrected chi connectivity index (χ3v) is 10.3. The van der Waals surface area contributed by atoms with Crippen LogP contribution in [0.15, 0.2) is 11.6 Å². The van der Waals surface area contributed by atoms with E-state index in [1.54, 1.807) is 0 Å². The molecule has 0 radical (unpaired) electrons. The van der Waals surface area contributed by atoms with Gasteiger partial charge in [0, 0.05) is 12.1 Å². The first-order chi connectivity index (χ1) is 12.7. The first-order valence-electron chi connectivity index (χ1n) is 11.7. The summed E-state index contributed by atoms with van der Waals surface area (Å²) in [6.45, 7) is 7.81. The summed E-state index contributed by atoms with van der Waals surface area (Å²) in [7, 11) is 9.12. The summed E-state index contributed by atoms with van der Waals surface area (Å²) in [5.41, 5.74) is 2.91.